The van der Waals surface area contributed by atoms with Crippen LogP contribution in [0.25, 0.3) is 0 Å². The maximum atomic E-state index is 9.26. The van der Waals surface area contributed by atoms with Crippen LogP contribution in [-0.4, -0.2) is 25.8 Å². The monoisotopic (exact) mass is 290 g/mol. The lowest BCUT2D eigenvalue weighted by Crippen LogP contribution is -2.41. The number of para-hydroxylation sites is 2. The first-order valence-corrected chi connectivity index (χ1v) is 7.66. The van der Waals surface area contributed by atoms with E-state index in [0.29, 0.717) is 13.2 Å². The van der Waals surface area contributed by atoms with E-state index in [1.165, 1.54) is 0 Å². The normalized spacial score (nSPS) is 13.2. The van der Waals surface area contributed by atoms with Crippen LogP contribution in [0, 0.1) is 11.3 Å². The van der Waals surface area contributed by atoms with Crippen LogP contribution in [0.3, 0.4) is 0 Å². The van der Waals surface area contributed by atoms with Crippen LogP contribution >= 0.6 is 0 Å². The molecule has 0 saturated carbocycles. The van der Waals surface area contributed by atoms with Crippen molar-refractivity contribution in [3.8, 4) is 17.6 Å². The van der Waals surface area contributed by atoms with E-state index in [2.05, 4.69) is 18.3 Å². The summed E-state index contributed by atoms with van der Waals surface area (Å²) in [6, 6.07) is 10.1. The zero-order valence-corrected chi connectivity index (χ0v) is 13.3. The molecule has 0 heterocycles. The summed E-state index contributed by atoms with van der Waals surface area (Å²) >= 11 is 0. The Labute approximate surface area is 128 Å². The fourth-order valence-electron chi connectivity index (χ4n) is 2.13. The van der Waals surface area contributed by atoms with Gasteiger partial charge in [0, 0.05) is 0 Å². The second-order valence-electron chi connectivity index (χ2n) is 5.04. The highest BCUT2D eigenvalue weighted by Gasteiger charge is 2.24. The van der Waals surface area contributed by atoms with E-state index >= 15 is 0 Å². The van der Waals surface area contributed by atoms with Crippen molar-refractivity contribution < 1.29 is 9.47 Å². The molecule has 0 radical (unpaired) electrons. The van der Waals surface area contributed by atoms with Gasteiger partial charge in [-0.1, -0.05) is 26.0 Å². The standard InChI is InChI=1S/C17H26N2O2/c1-4-12-20-15-9-6-7-10-16(15)21-13-8-11-17(5-2,14-18)19-3/h6-7,9-10,19H,4-5,8,11-13H2,1-3H3. The molecule has 0 fully saturated rings. The van der Waals surface area contributed by atoms with Crippen molar-refractivity contribution in [1.29, 1.82) is 5.26 Å². The molecular formula is C17H26N2O2. The van der Waals surface area contributed by atoms with Gasteiger partial charge in [0.05, 0.1) is 19.3 Å². The smallest absolute Gasteiger partial charge is 0.161 e. The van der Waals surface area contributed by atoms with Gasteiger partial charge in [-0.2, -0.15) is 5.26 Å². The Kier molecular flexibility index (Phi) is 7.63. The van der Waals surface area contributed by atoms with Crippen molar-refractivity contribution >= 4 is 0 Å². The number of rotatable bonds is 10. The Morgan fingerprint density at radius 1 is 1.14 bits per heavy atom. The zero-order valence-electron chi connectivity index (χ0n) is 13.3. The molecule has 1 atom stereocenters. The van der Waals surface area contributed by atoms with E-state index in [9.17, 15) is 5.26 Å². The van der Waals surface area contributed by atoms with Crippen LogP contribution in [0.1, 0.15) is 39.5 Å². The molecule has 1 N–H and O–H groups in total. The molecule has 1 rings (SSSR count). The van der Waals surface area contributed by atoms with Crippen LogP contribution in [0.5, 0.6) is 11.5 Å². The van der Waals surface area contributed by atoms with E-state index < -0.39 is 5.54 Å². The minimum Gasteiger partial charge on any atom is -0.490 e. The number of hydrogen-bond donors (Lipinski definition) is 1. The van der Waals surface area contributed by atoms with Crippen molar-refractivity contribution in [3.63, 3.8) is 0 Å². The van der Waals surface area contributed by atoms with Crippen molar-refractivity contribution in [1.82, 2.24) is 5.32 Å². The quantitative estimate of drug-likeness (QED) is 0.670. The highest BCUT2D eigenvalue weighted by Crippen LogP contribution is 2.27. The lowest BCUT2D eigenvalue weighted by molar-refractivity contribution is 0.253. The topological polar surface area (TPSA) is 54.3 Å². The molecule has 116 valence electrons. The molecule has 4 nitrogen and oxygen atoms in total. The SMILES string of the molecule is CCCOc1ccccc1OCCCC(C#N)(CC)NC. The summed E-state index contributed by atoms with van der Waals surface area (Å²) in [5.41, 5.74) is -0.443. The Balaban J connectivity index is 2.47. The summed E-state index contributed by atoms with van der Waals surface area (Å²) in [5, 5.41) is 12.4. The number of ether oxygens (including phenoxy) is 2. The molecule has 0 saturated heterocycles. The fraction of sp³-hybridized carbons (Fsp3) is 0.588. The lowest BCUT2D eigenvalue weighted by Gasteiger charge is -2.24. The van der Waals surface area contributed by atoms with Gasteiger partial charge >= 0.3 is 0 Å². The summed E-state index contributed by atoms with van der Waals surface area (Å²) in [6.07, 6.45) is 3.35. The van der Waals surface area contributed by atoms with Gasteiger partial charge in [-0.3, -0.25) is 0 Å². The number of nitrogens with zero attached hydrogens (tertiary/aromatic N) is 1. The maximum absolute atomic E-state index is 9.26. The van der Waals surface area contributed by atoms with Gasteiger partial charge in [0.25, 0.3) is 0 Å². The van der Waals surface area contributed by atoms with E-state index in [1.807, 2.05) is 38.2 Å². The Morgan fingerprint density at radius 3 is 2.24 bits per heavy atom. The molecule has 0 aliphatic heterocycles. The molecule has 0 bridgehead atoms. The van der Waals surface area contributed by atoms with Gasteiger partial charge in [0.15, 0.2) is 11.5 Å². The van der Waals surface area contributed by atoms with Gasteiger partial charge < -0.3 is 14.8 Å². The second-order valence-corrected chi connectivity index (χ2v) is 5.04. The molecule has 21 heavy (non-hydrogen) atoms. The van der Waals surface area contributed by atoms with Gasteiger partial charge in [-0.25, -0.2) is 0 Å². The molecule has 0 aromatic heterocycles. The number of nitrogens with one attached hydrogen (secondary N) is 1. The van der Waals surface area contributed by atoms with Crippen molar-refractivity contribution in [2.24, 2.45) is 0 Å². The van der Waals surface area contributed by atoms with E-state index in [0.717, 1.165) is 37.2 Å². The molecule has 0 amide bonds. The summed E-state index contributed by atoms with van der Waals surface area (Å²) in [7, 11) is 1.83. The van der Waals surface area contributed by atoms with Crippen molar-refractivity contribution in [2.75, 3.05) is 20.3 Å². The predicted molar refractivity (Wildman–Crippen MR) is 84.7 cm³/mol. The molecule has 1 aromatic rings. The molecule has 0 aliphatic rings. The summed E-state index contributed by atoms with van der Waals surface area (Å²) in [6.45, 7) is 5.37. The van der Waals surface area contributed by atoms with Gasteiger partial charge in [-0.15, -0.1) is 0 Å². The maximum Gasteiger partial charge on any atom is 0.161 e. The van der Waals surface area contributed by atoms with E-state index in [4.69, 9.17) is 9.47 Å². The van der Waals surface area contributed by atoms with E-state index in [-0.39, 0.29) is 0 Å². The third-order valence-corrected chi connectivity index (χ3v) is 3.61. The third kappa shape index (κ3) is 5.28. The van der Waals surface area contributed by atoms with Crippen LogP contribution < -0.4 is 14.8 Å². The van der Waals surface area contributed by atoms with Crippen LogP contribution in [0.2, 0.25) is 0 Å². The molecule has 4 heteroatoms. The molecular weight excluding hydrogens is 264 g/mol. The van der Waals surface area contributed by atoms with Crippen molar-refractivity contribution in [3.05, 3.63) is 24.3 Å². The predicted octanol–water partition coefficient (Wildman–Crippen LogP) is 3.53. The molecule has 0 aliphatic carbocycles. The number of nitriles is 1. The first-order chi connectivity index (χ1) is 10.2. The molecule has 1 aromatic carbocycles. The Morgan fingerprint density at radius 2 is 1.76 bits per heavy atom. The number of benzene rings is 1. The minimum atomic E-state index is -0.443. The van der Waals surface area contributed by atoms with Crippen LogP contribution in [0.15, 0.2) is 24.3 Å². The average Bonchev–Trinajstić information content (AvgIpc) is 2.54. The summed E-state index contributed by atoms with van der Waals surface area (Å²) in [4.78, 5) is 0. The molecule has 0 spiro atoms. The highest BCUT2D eigenvalue weighted by atomic mass is 16.5. The summed E-state index contributed by atoms with van der Waals surface area (Å²) < 4.78 is 11.5. The third-order valence-electron chi connectivity index (χ3n) is 3.61. The first kappa shape index (κ1) is 17.3. The average molecular weight is 290 g/mol. The fourth-order valence-corrected chi connectivity index (χ4v) is 2.13. The lowest BCUT2D eigenvalue weighted by atomic mass is 9.92. The number of hydrogen-bond acceptors (Lipinski definition) is 4. The first-order valence-electron chi connectivity index (χ1n) is 7.66. The Bertz CT molecular complexity index is 450. The second kappa shape index (κ2) is 9.25. The van der Waals surface area contributed by atoms with E-state index in [1.54, 1.807) is 0 Å². The zero-order chi connectivity index (χ0) is 15.6. The van der Waals surface area contributed by atoms with Crippen molar-refractivity contribution in [2.45, 2.75) is 45.1 Å². The van der Waals surface area contributed by atoms with Gasteiger partial charge in [0.2, 0.25) is 0 Å². The Hall–Kier alpha value is -1.73. The largest absolute Gasteiger partial charge is 0.490 e. The van der Waals surface area contributed by atoms with Gasteiger partial charge in [-0.05, 0) is 44.9 Å². The molecule has 1 unspecified atom stereocenters. The highest BCUT2D eigenvalue weighted by molar-refractivity contribution is 5.39. The summed E-state index contributed by atoms with van der Waals surface area (Å²) in [5.74, 6) is 1.56. The van der Waals surface area contributed by atoms with Crippen LogP contribution in [0.4, 0.5) is 0 Å². The minimum absolute atomic E-state index is 0.443. The van der Waals surface area contributed by atoms with Crippen LogP contribution in [-0.2, 0) is 0 Å². The van der Waals surface area contributed by atoms with Gasteiger partial charge in [0.1, 0.15) is 5.54 Å².